The van der Waals surface area contributed by atoms with E-state index in [-0.39, 0.29) is 18.0 Å². The predicted molar refractivity (Wildman–Crippen MR) is 149 cm³/mol. The van der Waals surface area contributed by atoms with Gasteiger partial charge in [-0.05, 0) is 60.7 Å². The molecular formula is C28H26N4O3S2. The molecule has 4 aromatic rings. The number of amides is 1. The van der Waals surface area contributed by atoms with Crippen LogP contribution in [0, 0.1) is 0 Å². The summed E-state index contributed by atoms with van der Waals surface area (Å²) in [6, 6.07) is 25.0. The molecule has 5 rings (SSSR count). The molecule has 0 radical (unpaired) electrons. The number of carbonyl (C=O) groups excluding carboxylic acids is 1. The van der Waals surface area contributed by atoms with Crippen molar-refractivity contribution in [3.05, 3.63) is 96.5 Å². The van der Waals surface area contributed by atoms with Gasteiger partial charge in [0.05, 0.1) is 24.5 Å². The van der Waals surface area contributed by atoms with Gasteiger partial charge in [0.2, 0.25) is 5.91 Å². The van der Waals surface area contributed by atoms with Gasteiger partial charge in [-0.25, -0.2) is 0 Å². The van der Waals surface area contributed by atoms with E-state index in [2.05, 4.69) is 15.6 Å². The predicted octanol–water partition coefficient (Wildman–Crippen LogP) is 6.36. The van der Waals surface area contributed by atoms with Crippen molar-refractivity contribution in [2.75, 3.05) is 17.3 Å². The number of hydrogen-bond donors (Lipinski definition) is 2. The maximum atomic E-state index is 12.0. The first-order chi connectivity index (χ1) is 18.1. The lowest BCUT2D eigenvalue weighted by Gasteiger charge is -2.26. The number of benzene rings is 2. The van der Waals surface area contributed by atoms with Crippen LogP contribution in [-0.4, -0.2) is 23.1 Å². The molecule has 2 N–H and O–H groups in total. The number of pyridine rings is 1. The third-order valence-corrected chi connectivity index (χ3v) is 7.25. The highest BCUT2D eigenvalue weighted by Crippen LogP contribution is 2.44. The van der Waals surface area contributed by atoms with E-state index in [9.17, 15) is 4.79 Å². The highest BCUT2D eigenvalue weighted by Gasteiger charge is 2.42. The average molecular weight is 531 g/mol. The normalized spacial score (nSPS) is 16.9. The van der Waals surface area contributed by atoms with Crippen LogP contribution in [0.1, 0.15) is 36.9 Å². The molecule has 2 atom stereocenters. The van der Waals surface area contributed by atoms with Crippen molar-refractivity contribution in [3.63, 3.8) is 0 Å². The number of carbonyl (C=O) groups is 1. The van der Waals surface area contributed by atoms with E-state index in [1.54, 1.807) is 32.0 Å². The van der Waals surface area contributed by atoms with Crippen LogP contribution in [0.2, 0.25) is 0 Å². The Morgan fingerprint density at radius 3 is 2.68 bits per heavy atom. The number of thiocarbonyl (C=S) groups is 1. The van der Waals surface area contributed by atoms with Crippen LogP contribution in [0.15, 0.2) is 99.5 Å². The van der Waals surface area contributed by atoms with Crippen LogP contribution >= 0.6 is 24.0 Å². The zero-order valence-electron chi connectivity index (χ0n) is 20.4. The van der Waals surface area contributed by atoms with Gasteiger partial charge in [0.1, 0.15) is 17.6 Å². The topological polar surface area (TPSA) is 79.6 Å². The van der Waals surface area contributed by atoms with E-state index in [1.807, 2.05) is 83.8 Å². The lowest BCUT2D eigenvalue weighted by atomic mass is 10.0. The summed E-state index contributed by atoms with van der Waals surface area (Å²) in [6.45, 7) is 1.81. The first-order valence-electron chi connectivity index (χ1n) is 11.9. The van der Waals surface area contributed by atoms with Crippen LogP contribution in [0.25, 0.3) is 0 Å². The van der Waals surface area contributed by atoms with Gasteiger partial charge in [-0.3, -0.25) is 9.78 Å². The monoisotopic (exact) mass is 530 g/mol. The number of furan rings is 1. The molecule has 1 saturated heterocycles. The highest BCUT2D eigenvalue weighted by atomic mass is 32.2. The first-order valence-corrected chi connectivity index (χ1v) is 13.1. The fourth-order valence-electron chi connectivity index (χ4n) is 4.25. The van der Waals surface area contributed by atoms with Crippen molar-refractivity contribution in [1.82, 2.24) is 10.3 Å². The molecule has 37 heavy (non-hydrogen) atoms. The first kappa shape index (κ1) is 24.9. The summed E-state index contributed by atoms with van der Waals surface area (Å²) in [4.78, 5) is 19.7. The molecular weight excluding hydrogens is 504 g/mol. The van der Waals surface area contributed by atoms with E-state index >= 15 is 0 Å². The third kappa shape index (κ3) is 5.33. The standard InChI is InChI=1S/C28H26N4O3S2/c1-3-24(33)30-20-13-12-18(17-23(20)34-2)32-27(26(31-28(32)36)21-11-7-8-16-29-21)22-14-15-25(35-22)37-19-9-5-4-6-10-19/h4-17,26-27H,3H2,1-2H3,(H,30,33)(H,31,36). The number of ether oxygens (including phenoxy) is 1. The van der Waals surface area contributed by atoms with Crippen molar-refractivity contribution in [2.24, 2.45) is 0 Å². The SMILES string of the molecule is CCC(=O)Nc1ccc(N2C(=S)NC(c3ccccn3)C2c2ccc(Sc3ccccc3)o2)cc1OC. The quantitative estimate of drug-likeness (QED) is 0.255. The smallest absolute Gasteiger partial charge is 0.224 e. The van der Waals surface area contributed by atoms with E-state index < -0.39 is 0 Å². The summed E-state index contributed by atoms with van der Waals surface area (Å²) in [6.07, 6.45) is 2.15. The number of hydrogen-bond acceptors (Lipinski definition) is 6. The van der Waals surface area contributed by atoms with Crippen molar-refractivity contribution < 1.29 is 13.9 Å². The molecule has 2 aromatic heterocycles. The minimum absolute atomic E-state index is 0.0865. The molecule has 0 bridgehead atoms. The maximum absolute atomic E-state index is 12.0. The van der Waals surface area contributed by atoms with Crippen LogP contribution in [-0.2, 0) is 4.79 Å². The zero-order chi connectivity index (χ0) is 25.8. The second-order valence-electron chi connectivity index (χ2n) is 8.35. The van der Waals surface area contributed by atoms with Gasteiger partial charge >= 0.3 is 0 Å². The second kappa shape index (κ2) is 11.1. The summed E-state index contributed by atoms with van der Waals surface area (Å²) in [5, 5.41) is 7.65. The average Bonchev–Trinajstić information content (AvgIpc) is 3.53. The minimum Gasteiger partial charge on any atom is -0.494 e. The van der Waals surface area contributed by atoms with Crippen molar-refractivity contribution in [2.45, 2.75) is 35.4 Å². The molecule has 0 aliphatic carbocycles. The molecule has 1 amide bonds. The number of rotatable bonds is 8. The minimum atomic E-state index is -0.298. The van der Waals surface area contributed by atoms with Gasteiger partial charge in [0.15, 0.2) is 10.2 Å². The Morgan fingerprint density at radius 1 is 1.14 bits per heavy atom. The molecule has 7 nitrogen and oxygen atoms in total. The van der Waals surface area contributed by atoms with Crippen molar-refractivity contribution >= 4 is 46.4 Å². The van der Waals surface area contributed by atoms with Gasteiger partial charge in [-0.1, -0.05) is 43.0 Å². The summed E-state index contributed by atoms with van der Waals surface area (Å²) in [7, 11) is 1.58. The van der Waals surface area contributed by atoms with E-state index in [0.717, 1.165) is 27.1 Å². The number of aromatic nitrogens is 1. The number of anilines is 2. The van der Waals surface area contributed by atoms with Gasteiger partial charge in [0, 0.05) is 29.3 Å². The molecule has 9 heteroatoms. The van der Waals surface area contributed by atoms with Crippen LogP contribution in [0.5, 0.6) is 5.75 Å². The zero-order valence-corrected chi connectivity index (χ0v) is 22.0. The maximum Gasteiger partial charge on any atom is 0.224 e. The molecule has 0 spiro atoms. The second-order valence-corrected chi connectivity index (χ2v) is 9.82. The van der Waals surface area contributed by atoms with Gasteiger partial charge in [0.25, 0.3) is 0 Å². The third-order valence-electron chi connectivity index (χ3n) is 6.01. The van der Waals surface area contributed by atoms with Crippen molar-refractivity contribution in [1.29, 1.82) is 0 Å². The molecule has 188 valence electrons. The summed E-state index contributed by atoms with van der Waals surface area (Å²) < 4.78 is 12.0. The van der Waals surface area contributed by atoms with Gasteiger partial charge in [-0.2, -0.15) is 0 Å². The Morgan fingerprint density at radius 2 is 1.95 bits per heavy atom. The van der Waals surface area contributed by atoms with Crippen molar-refractivity contribution in [3.8, 4) is 5.75 Å². The Hall–Kier alpha value is -3.82. The molecule has 0 saturated carbocycles. The lowest BCUT2D eigenvalue weighted by molar-refractivity contribution is -0.115. The fourth-order valence-corrected chi connectivity index (χ4v) is 5.39. The molecule has 1 aliphatic heterocycles. The fraction of sp³-hybridized carbons (Fsp3) is 0.179. The summed E-state index contributed by atoms with van der Waals surface area (Å²) >= 11 is 7.38. The van der Waals surface area contributed by atoms with E-state index in [0.29, 0.717) is 23.0 Å². The van der Waals surface area contributed by atoms with Crippen LogP contribution < -0.4 is 20.3 Å². The number of nitrogens with zero attached hydrogens (tertiary/aromatic N) is 2. The molecule has 1 aliphatic rings. The Kier molecular flexibility index (Phi) is 7.43. The van der Waals surface area contributed by atoms with Crippen LogP contribution in [0.4, 0.5) is 11.4 Å². The molecule has 2 aromatic carbocycles. The van der Waals surface area contributed by atoms with E-state index in [4.69, 9.17) is 21.4 Å². The molecule has 2 unspecified atom stereocenters. The summed E-state index contributed by atoms with van der Waals surface area (Å²) in [5.41, 5.74) is 2.26. The van der Waals surface area contributed by atoms with Gasteiger partial charge < -0.3 is 24.7 Å². The molecule has 3 heterocycles. The van der Waals surface area contributed by atoms with Crippen LogP contribution in [0.3, 0.4) is 0 Å². The Balaban J connectivity index is 1.53. The summed E-state index contributed by atoms with van der Waals surface area (Å²) in [5.74, 6) is 1.21. The Labute approximate surface area is 225 Å². The number of nitrogens with one attached hydrogen (secondary N) is 2. The van der Waals surface area contributed by atoms with E-state index in [1.165, 1.54) is 0 Å². The highest BCUT2D eigenvalue weighted by molar-refractivity contribution is 7.99. The lowest BCUT2D eigenvalue weighted by Crippen LogP contribution is -2.29. The van der Waals surface area contributed by atoms with Gasteiger partial charge in [-0.15, -0.1) is 0 Å². The largest absolute Gasteiger partial charge is 0.494 e. The molecule has 1 fully saturated rings. The number of methoxy groups -OCH3 is 1. The Bertz CT molecular complexity index is 1400.